The van der Waals surface area contributed by atoms with Gasteiger partial charge in [0.05, 0.1) is 19.0 Å². The number of hydrogen-bond donors (Lipinski definition) is 3. The number of anilines is 1. The van der Waals surface area contributed by atoms with E-state index in [2.05, 4.69) is 30.3 Å². The number of carbonyl (C=O) groups is 3. The molecular formula is C25H40F3N7O7. The SMILES string of the molecule is C1CCOC1.CC(C)C(N)C(=O)OCn1nccc1NC(=O)c1cc(COC(F)(F)F)nn1C.COC(=O)NC(C)C. The first-order valence-electron chi connectivity index (χ1n) is 13.1. The van der Waals surface area contributed by atoms with Crippen molar-refractivity contribution in [2.24, 2.45) is 18.7 Å². The Morgan fingerprint density at radius 1 is 1.17 bits per heavy atom. The predicted octanol–water partition coefficient (Wildman–Crippen LogP) is 2.94. The zero-order valence-corrected chi connectivity index (χ0v) is 24.6. The van der Waals surface area contributed by atoms with Crippen molar-refractivity contribution in [1.82, 2.24) is 24.9 Å². The number of alkyl halides is 3. The van der Waals surface area contributed by atoms with E-state index >= 15 is 0 Å². The Morgan fingerprint density at radius 3 is 2.29 bits per heavy atom. The number of methoxy groups -OCH3 is 1. The van der Waals surface area contributed by atoms with Crippen LogP contribution in [0.4, 0.5) is 23.8 Å². The van der Waals surface area contributed by atoms with Crippen LogP contribution in [0, 0.1) is 5.92 Å². The number of rotatable bonds is 9. The van der Waals surface area contributed by atoms with Crippen LogP contribution in [0.15, 0.2) is 18.3 Å². The number of esters is 1. The lowest BCUT2D eigenvalue weighted by molar-refractivity contribution is -0.330. The van der Waals surface area contributed by atoms with Crippen LogP contribution < -0.4 is 16.4 Å². The van der Waals surface area contributed by atoms with E-state index in [1.165, 1.54) is 50.0 Å². The minimum Gasteiger partial charge on any atom is -0.453 e. The molecule has 1 unspecified atom stereocenters. The van der Waals surface area contributed by atoms with Crippen LogP contribution in [0.1, 0.15) is 56.7 Å². The fraction of sp³-hybridized carbons (Fsp3) is 0.640. The molecule has 4 N–H and O–H groups in total. The summed E-state index contributed by atoms with van der Waals surface area (Å²) in [4.78, 5) is 34.6. The number of nitrogens with zero attached hydrogens (tertiary/aromatic N) is 4. The third kappa shape index (κ3) is 14.3. The molecule has 14 nitrogen and oxygen atoms in total. The number of nitrogens with two attached hydrogens (primary N) is 1. The van der Waals surface area contributed by atoms with Crippen molar-refractivity contribution < 1.29 is 46.5 Å². The quantitative estimate of drug-likeness (QED) is 0.360. The molecule has 3 heterocycles. The van der Waals surface area contributed by atoms with Gasteiger partial charge in [0.2, 0.25) is 0 Å². The first-order valence-corrected chi connectivity index (χ1v) is 13.1. The van der Waals surface area contributed by atoms with E-state index in [0.29, 0.717) is 0 Å². The highest BCUT2D eigenvalue weighted by atomic mass is 19.4. The third-order valence-electron chi connectivity index (χ3n) is 5.24. The highest BCUT2D eigenvalue weighted by Crippen LogP contribution is 2.19. The molecule has 0 aromatic carbocycles. The van der Waals surface area contributed by atoms with Gasteiger partial charge in [-0.3, -0.25) is 19.0 Å². The van der Waals surface area contributed by atoms with Crippen LogP contribution in [0.2, 0.25) is 0 Å². The Morgan fingerprint density at radius 2 is 1.81 bits per heavy atom. The molecule has 238 valence electrons. The monoisotopic (exact) mass is 607 g/mol. The lowest BCUT2D eigenvalue weighted by Gasteiger charge is -2.15. The summed E-state index contributed by atoms with van der Waals surface area (Å²) < 4.78 is 56.8. The number of halogens is 3. The number of carbonyl (C=O) groups excluding carboxylic acids is 3. The van der Waals surface area contributed by atoms with Crippen molar-refractivity contribution >= 4 is 23.8 Å². The maximum Gasteiger partial charge on any atom is 0.522 e. The minimum absolute atomic E-state index is 0.00245. The Bertz CT molecular complexity index is 1110. The molecule has 0 radical (unpaired) electrons. The van der Waals surface area contributed by atoms with Gasteiger partial charge in [-0.05, 0) is 38.7 Å². The summed E-state index contributed by atoms with van der Waals surface area (Å²) in [7, 11) is 2.75. The average molecular weight is 608 g/mol. The van der Waals surface area contributed by atoms with Crippen LogP contribution in [0.3, 0.4) is 0 Å². The molecule has 2 aromatic rings. The van der Waals surface area contributed by atoms with Gasteiger partial charge in [0, 0.05) is 32.4 Å². The summed E-state index contributed by atoms with van der Waals surface area (Å²) in [6.07, 6.45) is -1.25. The molecule has 1 atom stereocenters. The Kier molecular flexibility index (Phi) is 15.5. The maximum absolute atomic E-state index is 12.4. The topological polar surface area (TPSA) is 174 Å². The van der Waals surface area contributed by atoms with Crippen molar-refractivity contribution in [2.45, 2.75) is 72.3 Å². The Labute approximate surface area is 242 Å². The van der Waals surface area contributed by atoms with Gasteiger partial charge in [0.1, 0.15) is 24.2 Å². The fourth-order valence-electron chi connectivity index (χ4n) is 2.99. The fourth-order valence-corrected chi connectivity index (χ4v) is 2.99. The summed E-state index contributed by atoms with van der Waals surface area (Å²) in [5.74, 6) is -1.17. The second-order valence-electron chi connectivity index (χ2n) is 9.52. The molecule has 1 fully saturated rings. The van der Waals surface area contributed by atoms with Gasteiger partial charge in [-0.1, -0.05) is 13.8 Å². The molecule has 1 saturated heterocycles. The molecule has 2 amide bonds. The normalized spacial score (nSPS) is 13.4. The average Bonchev–Trinajstić information content (AvgIpc) is 3.69. The standard InChI is InChI=1S/C16H21F3N6O4.C5H11NO2.C4H8O/c1-9(2)13(20)15(27)28-8-25-12(4-5-21-25)22-14(26)11-6-10(23-24(11)3)7-29-16(17,18)19;1-4(2)6-5(7)8-3;1-2-4-5-3-1/h4-6,9,13H,7-8,20H2,1-3H3,(H,22,26);4H,1-3H3,(H,6,7);1-4H2. The van der Waals surface area contributed by atoms with Gasteiger partial charge in [-0.2, -0.15) is 10.2 Å². The van der Waals surface area contributed by atoms with Crippen molar-refractivity contribution in [3.05, 3.63) is 29.7 Å². The maximum atomic E-state index is 12.4. The molecule has 0 aliphatic carbocycles. The van der Waals surface area contributed by atoms with E-state index in [1.54, 1.807) is 13.8 Å². The first-order chi connectivity index (χ1) is 19.6. The first kappa shape index (κ1) is 36.3. The van der Waals surface area contributed by atoms with Gasteiger partial charge >= 0.3 is 18.4 Å². The molecule has 0 spiro atoms. The van der Waals surface area contributed by atoms with Crippen molar-refractivity contribution in [1.29, 1.82) is 0 Å². The van der Waals surface area contributed by atoms with E-state index in [9.17, 15) is 27.6 Å². The summed E-state index contributed by atoms with van der Waals surface area (Å²) in [5, 5.41) is 12.8. The van der Waals surface area contributed by atoms with Gasteiger partial charge in [0.15, 0.2) is 6.73 Å². The van der Waals surface area contributed by atoms with E-state index in [-0.39, 0.29) is 42.0 Å². The summed E-state index contributed by atoms with van der Waals surface area (Å²) in [5.41, 5.74) is 5.63. The van der Waals surface area contributed by atoms with Gasteiger partial charge in [-0.25, -0.2) is 9.48 Å². The second-order valence-corrected chi connectivity index (χ2v) is 9.52. The van der Waals surface area contributed by atoms with Crippen LogP contribution in [0.5, 0.6) is 0 Å². The van der Waals surface area contributed by atoms with Gasteiger partial charge in [0.25, 0.3) is 5.91 Å². The van der Waals surface area contributed by atoms with Gasteiger partial charge in [-0.15, -0.1) is 13.2 Å². The lowest BCUT2D eigenvalue weighted by Crippen LogP contribution is -2.37. The molecule has 0 bridgehead atoms. The Balaban J connectivity index is 0.000000556. The number of alkyl carbamates (subject to hydrolysis) is 1. The molecule has 17 heteroatoms. The summed E-state index contributed by atoms with van der Waals surface area (Å²) >= 11 is 0. The van der Waals surface area contributed by atoms with Crippen molar-refractivity contribution in [3.63, 3.8) is 0 Å². The molecule has 0 saturated carbocycles. The Hall–Kier alpha value is -3.70. The molecule has 1 aliphatic rings. The van der Waals surface area contributed by atoms with Crippen LogP contribution in [-0.4, -0.2) is 76.3 Å². The van der Waals surface area contributed by atoms with Crippen LogP contribution in [0.25, 0.3) is 0 Å². The highest BCUT2D eigenvalue weighted by Gasteiger charge is 2.30. The molecule has 2 aromatic heterocycles. The second kappa shape index (κ2) is 18.0. The zero-order valence-electron chi connectivity index (χ0n) is 24.6. The number of aromatic nitrogens is 4. The van der Waals surface area contributed by atoms with E-state index in [0.717, 1.165) is 17.9 Å². The third-order valence-corrected chi connectivity index (χ3v) is 5.24. The lowest BCUT2D eigenvalue weighted by atomic mass is 10.1. The number of hydrogen-bond acceptors (Lipinski definition) is 10. The molecule has 3 rings (SSSR count). The molecule has 1 aliphatic heterocycles. The minimum atomic E-state index is -4.80. The van der Waals surface area contributed by atoms with E-state index in [1.807, 2.05) is 13.8 Å². The van der Waals surface area contributed by atoms with Crippen LogP contribution >= 0.6 is 0 Å². The van der Waals surface area contributed by atoms with Crippen LogP contribution in [-0.2, 0) is 44.1 Å². The number of amides is 2. The van der Waals surface area contributed by atoms with Crippen molar-refractivity contribution in [3.8, 4) is 0 Å². The highest BCUT2D eigenvalue weighted by molar-refractivity contribution is 6.02. The van der Waals surface area contributed by atoms with Crippen molar-refractivity contribution in [2.75, 3.05) is 25.6 Å². The molecule has 42 heavy (non-hydrogen) atoms. The number of aryl methyl sites for hydroxylation is 1. The smallest absolute Gasteiger partial charge is 0.453 e. The van der Waals surface area contributed by atoms with E-state index in [4.69, 9.17) is 15.2 Å². The number of nitrogens with one attached hydrogen (secondary N) is 2. The summed E-state index contributed by atoms with van der Waals surface area (Å²) in [6.45, 7) is 8.18. The number of ether oxygens (including phenoxy) is 4. The zero-order chi connectivity index (χ0) is 31.9. The molecular weight excluding hydrogens is 567 g/mol. The summed E-state index contributed by atoms with van der Waals surface area (Å²) in [6, 6.07) is 1.99. The largest absolute Gasteiger partial charge is 0.522 e. The van der Waals surface area contributed by atoms with E-state index < -0.39 is 30.9 Å². The van der Waals surface area contributed by atoms with Gasteiger partial charge < -0.3 is 30.6 Å². The predicted molar refractivity (Wildman–Crippen MR) is 144 cm³/mol.